The molecule has 1 amide bonds. The number of aromatic nitrogens is 2. The number of carbonyl (C=O) groups is 1. The van der Waals surface area contributed by atoms with E-state index in [1.54, 1.807) is 6.26 Å². The third kappa shape index (κ3) is 2.63. The van der Waals surface area contributed by atoms with Crippen LogP contribution in [0.5, 0.6) is 0 Å². The quantitative estimate of drug-likeness (QED) is 0.799. The topological polar surface area (TPSA) is 81.2 Å². The normalized spacial score (nSPS) is 19.5. The summed E-state index contributed by atoms with van der Waals surface area (Å²) in [5, 5.41) is 10.6. The summed E-state index contributed by atoms with van der Waals surface area (Å²) in [6.07, 6.45) is 3.74. The molecule has 0 radical (unpaired) electrons. The summed E-state index contributed by atoms with van der Waals surface area (Å²) < 4.78 is 10.6. The molecule has 2 atom stereocenters. The zero-order valence-electron chi connectivity index (χ0n) is 12.5. The molecule has 116 valence electrons. The number of nitrogens with one attached hydrogen (secondary N) is 1. The van der Waals surface area contributed by atoms with Crippen LogP contribution in [0.25, 0.3) is 11.5 Å². The molecule has 6 nitrogen and oxygen atoms in total. The van der Waals surface area contributed by atoms with Crippen LogP contribution in [0.2, 0.25) is 0 Å². The second-order valence-electron chi connectivity index (χ2n) is 5.73. The average Bonchev–Trinajstić information content (AvgIpc) is 2.96. The fourth-order valence-corrected chi connectivity index (χ4v) is 2.72. The molecule has 1 aliphatic rings. The minimum atomic E-state index is -0.0346. The third-order valence-electron chi connectivity index (χ3n) is 4.14. The van der Waals surface area contributed by atoms with Gasteiger partial charge >= 0.3 is 0 Å². The Labute approximate surface area is 132 Å². The van der Waals surface area contributed by atoms with E-state index in [9.17, 15) is 4.79 Å². The van der Waals surface area contributed by atoms with Gasteiger partial charge in [-0.15, -0.1) is 10.2 Å². The minimum Gasteiger partial charge on any atom is -0.469 e. The summed E-state index contributed by atoms with van der Waals surface area (Å²) in [5.74, 6) is 1.47. The molecule has 6 heteroatoms. The number of hydrogen-bond donors (Lipinski definition) is 1. The molecule has 0 aliphatic heterocycles. The van der Waals surface area contributed by atoms with Crippen LogP contribution in [0.15, 0.2) is 51.8 Å². The SMILES string of the molecule is Cc1ccc(-c2nnco2)cc1NC(=O)[C@H]1C[C@@H]1c1ccco1. The van der Waals surface area contributed by atoms with Gasteiger partial charge in [-0.1, -0.05) is 6.07 Å². The molecular formula is C17H15N3O3. The lowest BCUT2D eigenvalue weighted by Gasteiger charge is -2.09. The van der Waals surface area contributed by atoms with E-state index < -0.39 is 0 Å². The molecule has 23 heavy (non-hydrogen) atoms. The molecule has 2 aromatic heterocycles. The van der Waals surface area contributed by atoms with Crippen molar-refractivity contribution in [3.63, 3.8) is 0 Å². The molecule has 1 aromatic carbocycles. The highest BCUT2D eigenvalue weighted by atomic mass is 16.4. The number of anilines is 1. The first kappa shape index (κ1) is 13.8. The van der Waals surface area contributed by atoms with Gasteiger partial charge in [0, 0.05) is 23.1 Å². The maximum absolute atomic E-state index is 12.4. The van der Waals surface area contributed by atoms with Crippen LogP contribution in [0, 0.1) is 12.8 Å². The van der Waals surface area contributed by atoms with Crippen molar-refractivity contribution < 1.29 is 13.6 Å². The Bertz CT molecular complexity index is 825. The second-order valence-corrected chi connectivity index (χ2v) is 5.73. The zero-order valence-corrected chi connectivity index (χ0v) is 12.5. The standard InChI is InChI=1S/C17H15N3O3/c1-10-4-5-11(17-20-18-9-23-17)7-14(10)19-16(21)13-8-12(13)15-3-2-6-22-15/h2-7,9,12-13H,8H2,1H3,(H,19,21)/t12-,13-/m0/s1. The van der Waals surface area contributed by atoms with Gasteiger partial charge in [0.05, 0.1) is 6.26 Å². The van der Waals surface area contributed by atoms with Crippen molar-refractivity contribution in [1.82, 2.24) is 10.2 Å². The molecule has 4 rings (SSSR count). The molecule has 0 spiro atoms. The number of aryl methyl sites for hydroxylation is 1. The van der Waals surface area contributed by atoms with Crippen LogP contribution < -0.4 is 5.32 Å². The predicted molar refractivity (Wildman–Crippen MR) is 82.7 cm³/mol. The Morgan fingerprint density at radius 3 is 2.96 bits per heavy atom. The zero-order chi connectivity index (χ0) is 15.8. The van der Waals surface area contributed by atoms with Crippen LogP contribution in [0.3, 0.4) is 0 Å². The van der Waals surface area contributed by atoms with Gasteiger partial charge < -0.3 is 14.2 Å². The van der Waals surface area contributed by atoms with Gasteiger partial charge in [-0.2, -0.15) is 0 Å². The maximum atomic E-state index is 12.4. The minimum absolute atomic E-state index is 0.0113. The van der Waals surface area contributed by atoms with Crippen molar-refractivity contribution in [1.29, 1.82) is 0 Å². The van der Waals surface area contributed by atoms with Gasteiger partial charge in [0.1, 0.15) is 5.76 Å². The molecular weight excluding hydrogens is 294 g/mol. The van der Waals surface area contributed by atoms with Gasteiger partial charge in [-0.3, -0.25) is 4.79 Å². The van der Waals surface area contributed by atoms with Crippen molar-refractivity contribution in [3.05, 3.63) is 54.3 Å². The van der Waals surface area contributed by atoms with E-state index in [4.69, 9.17) is 8.83 Å². The Balaban J connectivity index is 1.50. The van der Waals surface area contributed by atoms with E-state index in [0.29, 0.717) is 5.89 Å². The van der Waals surface area contributed by atoms with E-state index >= 15 is 0 Å². The smallest absolute Gasteiger partial charge is 0.247 e. The molecule has 0 bridgehead atoms. The number of benzene rings is 1. The Morgan fingerprint density at radius 2 is 2.22 bits per heavy atom. The lowest BCUT2D eigenvalue weighted by Crippen LogP contribution is -2.15. The van der Waals surface area contributed by atoms with Crippen molar-refractivity contribution >= 4 is 11.6 Å². The van der Waals surface area contributed by atoms with E-state index in [1.165, 1.54) is 6.39 Å². The Morgan fingerprint density at radius 1 is 1.30 bits per heavy atom. The highest BCUT2D eigenvalue weighted by Crippen LogP contribution is 2.48. The van der Waals surface area contributed by atoms with Crippen LogP contribution in [0.4, 0.5) is 5.69 Å². The lowest BCUT2D eigenvalue weighted by atomic mass is 10.1. The molecule has 1 aliphatic carbocycles. The monoisotopic (exact) mass is 309 g/mol. The first-order chi connectivity index (χ1) is 11.2. The Hall–Kier alpha value is -2.89. The number of hydrogen-bond acceptors (Lipinski definition) is 5. The fourth-order valence-electron chi connectivity index (χ4n) is 2.72. The van der Waals surface area contributed by atoms with Gasteiger partial charge in [-0.25, -0.2) is 0 Å². The lowest BCUT2D eigenvalue weighted by molar-refractivity contribution is -0.117. The van der Waals surface area contributed by atoms with E-state index in [-0.39, 0.29) is 17.7 Å². The van der Waals surface area contributed by atoms with Crippen molar-refractivity contribution in [2.24, 2.45) is 5.92 Å². The summed E-state index contributed by atoms with van der Waals surface area (Å²) in [4.78, 5) is 12.4. The molecule has 1 fully saturated rings. The van der Waals surface area contributed by atoms with E-state index in [0.717, 1.165) is 29.0 Å². The molecule has 1 saturated carbocycles. The summed E-state index contributed by atoms with van der Waals surface area (Å²) in [6, 6.07) is 9.43. The Kier molecular flexibility index (Phi) is 3.22. The summed E-state index contributed by atoms with van der Waals surface area (Å²) in [6.45, 7) is 1.95. The number of rotatable bonds is 4. The van der Waals surface area contributed by atoms with Gasteiger partial charge in [-0.05, 0) is 43.2 Å². The predicted octanol–water partition coefficient (Wildman–Crippen LogP) is 3.38. The molecule has 2 heterocycles. The van der Waals surface area contributed by atoms with Crippen LogP contribution >= 0.6 is 0 Å². The first-order valence-corrected chi connectivity index (χ1v) is 7.44. The third-order valence-corrected chi connectivity index (χ3v) is 4.14. The van der Waals surface area contributed by atoms with E-state index in [2.05, 4.69) is 15.5 Å². The van der Waals surface area contributed by atoms with Crippen molar-refractivity contribution in [3.8, 4) is 11.5 Å². The van der Waals surface area contributed by atoms with Crippen molar-refractivity contribution in [2.75, 3.05) is 5.32 Å². The van der Waals surface area contributed by atoms with Gasteiger partial charge in [0.25, 0.3) is 0 Å². The second kappa shape index (κ2) is 5.39. The number of amides is 1. The molecule has 3 aromatic rings. The number of furan rings is 1. The van der Waals surface area contributed by atoms with Crippen LogP contribution in [-0.4, -0.2) is 16.1 Å². The fraction of sp³-hybridized carbons (Fsp3) is 0.235. The van der Waals surface area contributed by atoms with Gasteiger partial charge in [0.15, 0.2) is 0 Å². The largest absolute Gasteiger partial charge is 0.469 e. The maximum Gasteiger partial charge on any atom is 0.247 e. The average molecular weight is 309 g/mol. The van der Waals surface area contributed by atoms with Crippen LogP contribution in [-0.2, 0) is 4.79 Å². The number of nitrogens with zero attached hydrogens (tertiary/aromatic N) is 2. The summed E-state index contributed by atoms with van der Waals surface area (Å²) >= 11 is 0. The molecule has 0 saturated heterocycles. The molecule has 1 N–H and O–H groups in total. The number of carbonyl (C=O) groups excluding carboxylic acids is 1. The highest BCUT2D eigenvalue weighted by molar-refractivity contribution is 5.96. The van der Waals surface area contributed by atoms with Crippen molar-refractivity contribution in [2.45, 2.75) is 19.3 Å². The van der Waals surface area contributed by atoms with Gasteiger partial charge in [0.2, 0.25) is 18.2 Å². The highest BCUT2D eigenvalue weighted by Gasteiger charge is 2.45. The first-order valence-electron chi connectivity index (χ1n) is 7.44. The summed E-state index contributed by atoms with van der Waals surface area (Å²) in [7, 11) is 0. The van der Waals surface area contributed by atoms with Crippen LogP contribution in [0.1, 0.15) is 23.7 Å². The molecule has 0 unspecified atom stereocenters. The van der Waals surface area contributed by atoms with E-state index in [1.807, 2.05) is 37.3 Å². The summed E-state index contributed by atoms with van der Waals surface area (Å²) in [5.41, 5.74) is 2.52.